The predicted molar refractivity (Wildman–Crippen MR) is 81.7 cm³/mol. The summed E-state index contributed by atoms with van der Waals surface area (Å²) < 4.78 is 0.686. The molecule has 94 valence electrons. The van der Waals surface area contributed by atoms with E-state index < -0.39 is 0 Å². The summed E-state index contributed by atoms with van der Waals surface area (Å²) in [6.45, 7) is 2.16. The second kappa shape index (κ2) is 4.94. The molecule has 1 N–H and O–H groups in total. The third-order valence-electron chi connectivity index (χ3n) is 3.30. The molecule has 2 nitrogen and oxygen atoms in total. The summed E-state index contributed by atoms with van der Waals surface area (Å²) in [6.07, 6.45) is 1.02. The molecule has 0 spiro atoms. The standard InChI is InChI=1S/C16H14N2S/c1-2-11-6-5-7-12(10-11)15-13-8-3-4-9-14(13)16(19)18-17-15/h3-10H,2H2,1H3,(H,18,19). The molecule has 0 unspecified atom stereocenters. The fourth-order valence-corrected chi connectivity index (χ4v) is 2.50. The maximum Gasteiger partial charge on any atom is 0.127 e. The molecule has 0 bridgehead atoms. The first-order valence-electron chi connectivity index (χ1n) is 6.36. The first kappa shape index (κ1) is 12.1. The van der Waals surface area contributed by atoms with Crippen molar-refractivity contribution in [3.63, 3.8) is 0 Å². The number of nitrogens with one attached hydrogen (secondary N) is 1. The van der Waals surface area contributed by atoms with Gasteiger partial charge in [0.1, 0.15) is 4.64 Å². The molecular weight excluding hydrogens is 252 g/mol. The Bertz CT molecular complexity index is 790. The molecule has 0 aliphatic heterocycles. The largest absolute Gasteiger partial charge is 0.267 e. The number of H-pyrrole nitrogens is 1. The molecule has 19 heavy (non-hydrogen) atoms. The minimum absolute atomic E-state index is 0.686. The molecule has 2 aromatic carbocycles. The van der Waals surface area contributed by atoms with Gasteiger partial charge in [0, 0.05) is 16.3 Å². The number of benzene rings is 2. The Labute approximate surface area is 117 Å². The number of hydrogen-bond acceptors (Lipinski definition) is 2. The molecule has 0 saturated carbocycles. The summed E-state index contributed by atoms with van der Waals surface area (Å²) in [5, 5.41) is 9.51. The lowest BCUT2D eigenvalue weighted by Crippen LogP contribution is -1.92. The van der Waals surface area contributed by atoms with Crippen LogP contribution in [0.15, 0.2) is 48.5 Å². The zero-order valence-electron chi connectivity index (χ0n) is 10.7. The van der Waals surface area contributed by atoms with E-state index in [0.717, 1.165) is 28.5 Å². The predicted octanol–water partition coefficient (Wildman–Crippen LogP) is 4.52. The summed E-state index contributed by atoms with van der Waals surface area (Å²) in [4.78, 5) is 0. The highest BCUT2D eigenvalue weighted by Crippen LogP contribution is 2.26. The van der Waals surface area contributed by atoms with Gasteiger partial charge < -0.3 is 0 Å². The molecule has 1 aromatic heterocycles. The molecule has 0 aliphatic carbocycles. The van der Waals surface area contributed by atoms with Crippen LogP contribution in [0.1, 0.15) is 12.5 Å². The average Bonchev–Trinajstić information content (AvgIpc) is 2.48. The topological polar surface area (TPSA) is 28.7 Å². The number of nitrogens with zero attached hydrogens (tertiary/aromatic N) is 1. The Kier molecular flexibility index (Phi) is 3.13. The lowest BCUT2D eigenvalue weighted by atomic mass is 10.0. The smallest absolute Gasteiger partial charge is 0.127 e. The Morgan fingerprint density at radius 3 is 2.63 bits per heavy atom. The number of hydrogen-bond donors (Lipinski definition) is 1. The van der Waals surface area contributed by atoms with E-state index in [-0.39, 0.29) is 0 Å². The maximum atomic E-state index is 5.29. The van der Waals surface area contributed by atoms with Crippen LogP contribution in [0.3, 0.4) is 0 Å². The molecule has 3 aromatic rings. The van der Waals surface area contributed by atoms with Crippen LogP contribution >= 0.6 is 12.2 Å². The number of aromatic amines is 1. The van der Waals surface area contributed by atoms with Crippen LogP contribution in [-0.2, 0) is 6.42 Å². The van der Waals surface area contributed by atoms with Crippen molar-refractivity contribution in [2.45, 2.75) is 13.3 Å². The van der Waals surface area contributed by atoms with Crippen LogP contribution in [0.4, 0.5) is 0 Å². The minimum atomic E-state index is 0.686. The van der Waals surface area contributed by atoms with Crippen molar-refractivity contribution in [2.75, 3.05) is 0 Å². The molecule has 0 saturated heterocycles. The van der Waals surface area contributed by atoms with Crippen LogP contribution in [0, 0.1) is 4.64 Å². The summed E-state index contributed by atoms with van der Waals surface area (Å²) >= 11 is 5.29. The van der Waals surface area contributed by atoms with Gasteiger partial charge >= 0.3 is 0 Å². The van der Waals surface area contributed by atoms with E-state index in [1.165, 1.54) is 5.56 Å². The second-order valence-corrected chi connectivity index (χ2v) is 4.91. The Hall–Kier alpha value is -2.00. The first-order valence-corrected chi connectivity index (χ1v) is 6.77. The van der Waals surface area contributed by atoms with Crippen LogP contribution in [-0.4, -0.2) is 10.2 Å². The summed E-state index contributed by atoms with van der Waals surface area (Å²) in [5.74, 6) is 0. The highest BCUT2D eigenvalue weighted by Gasteiger charge is 2.06. The molecule has 3 rings (SSSR count). The third-order valence-corrected chi connectivity index (χ3v) is 3.62. The highest BCUT2D eigenvalue weighted by molar-refractivity contribution is 7.71. The summed E-state index contributed by atoms with van der Waals surface area (Å²) in [7, 11) is 0. The number of fused-ring (bicyclic) bond motifs is 1. The van der Waals surface area contributed by atoms with E-state index in [1.54, 1.807) is 0 Å². The number of aryl methyl sites for hydroxylation is 1. The van der Waals surface area contributed by atoms with E-state index >= 15 is 0 Å². The molecule has 0 radical (unpaired) electrons. The van der Waals surface area contributed by atoms with Gasteiger partial charge in [0.2, 0.25) is 0 Å². The van der Waals surface area contributed by atoms with E-state index in [1.807, 2.05) is 18.2 Å². The van der Waals surface area contributed by atoms with Gasteiger partial charge in [-0.2, -0.15) is 5.10 Å². The molecule has 0 atom stereocenters. The van der Waals surface area contributed by atoms with Crippen LogP contribution in [0.2, 0.25) is 0 Å². The quantitative estimate of drug-likeness (QED) is 0.691. The molecule has 1 heterocycles. The number of aromatic nitrogens is 2. The van der Waals surface area contributed by atoms with Crippen molar-refractivity contribution in [1.29, 1.82) is 0 Å². The van der Waals surface area contributed by atoms with Gasteiger partial charge in [0.05, 0.1) is 5.69 Å². The van der Waals surface area contributed by atoms with Gasteiger partial charge in [-0.1, -0.05) is 61.6 Å². The monoisotopic (exact) mass is 266 g/mol. The highest BCUT2D eigenvalue weighted by atomic mass is 32.1. The summed E-state index contributed by atoms with van der Waals surface area (Å²) in [6, 6.07) is 16.6. The normalized spacial score (nSPS) is 10.8. The van der Waals surface area contributed by atoms with Crippen molar-refractivity contribution in [3.8, 4) is 11.3 Å². The minimum Gasteiger partial charge on any atom is -0.267 e. The molecule has 0 fully saturated rings. The van der Waals surface area contributed by atoms with E-state index in [2.05, 4.69) is 47.5 Å². The van der Waals surface area contributed by atoms with Crippen molar-refractivity contribution < 1.29 is 0 Å². The van der Waals surface area contributed by atoms with Crippen LogP contribution in [0.25, 0.3) is 22.0 Å². The summed E-state index contributed by atoms with van der Waals surface area (Å²) in [5.41, 5.74) is 3.40. The van der Waals surface area contributed by atoms with Crippen LogP contribution in [0.5, 0.6) is 0 Å². The van der Waals surface area contributed by atoms with Crippen molar-refractivity contribution >= 4 is 23.0 Å². The Morgan fingerprint density at radius 2 is 1.84 bits per heavy atom. The van der Waals surface area contributed by atoms with Gasteiger partial charge in [-0.3, -0.25) is 5.10 Å². The van der Waals surface area contributed by atoms with E-state index in [0.29, 0.717) is 4.64 Å². The lowest BCUT2D eigenvalue weighted by Gasteiger charge is -2.07. The second-order valence-electron chi connectivity index (χ2n) is 4.50. The Morgan fingerprint density at radius 1 is 1.05 bits per heavy atom. The van der Waals surface area contributed by atoms with Crippen molar-refractivity contribution in [3.05, 3.63) is 58.7 Å². The maximum absolute atomic E-state index is 5.29. The van der Waals surface area contributed by atoms with Gasteiger partial charge in [0.15, 0.2) is 0 Å². The van der Waals surface area contributed by atoms with Gasteiger partial charge in [0.25, 0.3) is 0 Å². The first-order chi connectivity index (χ1) is 9.29. The van der Waals surface area contributed by atoms with Crippen molar-refractivity contribution in [1.82, 2.24) is 10.2 Å². The SMILES string of the molecule is CCc1cccc(-c2n[nH]c(=S)c3ccccc23)c1. The zero-order valence-corrected chi connectivity index (χ0v) is 11.5. The van der Waals surface area contributed by atoms with E-state index in [9.17, 15) is 0 Å². The number of rotatable bonds is 2. The lowest BCUT2D eigenvalue weighted by molar-refractivity contribution is 1.04. The van der Waals surface area contributed by atoms with E-state index in [4.69, 9.17) is 12.2 Å². The molecule has 3 heteroatoms. The average molecular weight is 266 g/mol. The molecule has 0 aliphatic rings. The van der Waals surface area contributed by atoms with Crippen LogP contribution < -0.4 is 0 Å². The fraction of sp³-hybridized carbons (Fsp3) is 0.125. The van der Waals surface area contributed by atoms with Crippen molar-refractivity contribution in [2.24, 2.45) is 0 Å². The fourth-order valence-electron chi connectivity index (χ4n) is 2.27. The Balaban J connectivity index is 2.31. The van der Waals surface area contributed by atoms with Gasteiger partial charge in [-0.05, 0) is 18.1 Å². The van der Waals surface area contributed by atoms with Gasteiger partial charge in [-0.15, -0.1) is 0 Å². The van der Waals surface area contributed by atoms with Gasteiger partial charge in [-0.25, -0.2) is 0 Å². The zero-order chi connectivity index (χ0) is 13.2. The third kappa shape index (κ3) is 2.17. The molecular formula is C16H14N2S. The molecule has 0 amide bonds.